The van der Waals surface area contributed by atoms with Gasteiger partial charge in [0.1, 0.15) is 18.2 Å². The van der Waals surface area contributed by atoms with Crippen molar-refractivity contribution >= 4 is 0 Å². The fourth-order valence-electron chi connectivity index (χ4n) is 2.58. The Morgan fingerprint density at radius 1 is 0.920 bits per heavy atom. The second-order valence-electron chi connectivity index (χ2n) is 5.79. The summed E-state index contributed by atoms with van der Waals surface area (Å²) >= 11 is 0. The number of alkyl halides is 3. The number of hydrogen-bond donors (Lipinski definition) is 0. The van der Waals surface area contributed by atoms with E-state index in [4.69, 9.17) is 4.74 Å². The number of rotatable bonds is 4. The molecule has 0 fully saturated rings. The minimum Gasteiger partial charge on any atom is -0.487 e. The molecular formula is C19H17F3N2O. The van der Waals surface area contributed by atoms with Crippen LogP contribution in [-0.4, -0.2) is 9.55 Å². The summed E-state index contributed by atoms with van der Waals surface area (Å²) in [6.45, 7) is 4.19. The molecule has 0 bridgehead atoms. The van der Waals surface area contributed by atoms with Crippen molar-refractivity contribution < 1.29 is 17.9 Å². The van der Waals surface area contributed by atoms with Gasteiger partial charge in [-0.3, -0.25) is 0 Å². The Morgan fingerprint density at radius 3 is 2.08 bits per heavy atom. The Hall–Kier alpha value is -2.76. The fourth-order valence-corrected chi connectivity index (χ4v) is 2.58. The average Bonchev–Trinajstić information content (AvgIpc) is 2.92. The molecule has 0 aliphatic carbocycles. The lowest BCUT2D eigenvalue weighted by Crippen LogP contribution is -2.05. The average molecular weight is 346 g/mol. The molecule has 0 amide bonds. The van der Waals surface area contributed by atoms with Crippen LogP contribution in [0.5, 0.6) is 5.75 Å². The number of aromatic nitrogens is 2. The van der Waals surface area contributed by atoms with Crippen LogP contribution in [0.3, 0.4) is 0 Å². The predicted octanol–water partition coefficient (Wildman–Crippen LogP) is 5.09. The highest BCUT2D eigenvalue weighted by Crippen LogP contribution is 2.29. The lowest BCUT2D eigenvalue weighted by atomic mass is 10.1. The summed E-state index contributed by atoms with van der Waals surface area (Å²) in [7, 11) is 0. The van der Waals surface area contributed by atoms with Crippen LogP contribution < -0.4 is 4.74 Å². The normalized spacial score (nSPS) is 11.6. The largest absolute Gasteiger partial charge is 0.487 e. The summed E-state index contributed by atoms with van der Waals surface area (Å²) in [6.07, 6.45) is -2.72. The number of benzene rings is 1. The zero-order valence-corrected chi connectivity index (χ0v) is 13.8. The Labute approximate surface area is 143 Å². The van der Waals surface area contributed by atoms with Crippen molar-refractivity contribution in [1.29, 1.82) is 0 Å². The molecule has 0 radical (unpaired) electrons. The van der Waals surface area contributed by atoms with Gasteiger partial charge in [-0.05, 0) is 55.8 Å². The third kappa shape index (κ3) is 3.84. The molecule has 0 saturated carbocycles. The highest BCUT2D eigenvalue weighted by Gasteiger charge is 2.29. The SMILES string of the molecule is Cc1ccc(C)n1-c1ccc(OCc2ccc(C(F)(F)F)cc2)cn1. The van der Waals surface area contributed by atoms with Crippen LogP contribution in [0, 0.1) is 13.8 Å². The molecule has 6 heteroatoms. The number of halogens is 3. The molecule has 0 N–H and O–H groups in total. The van der Waals surface area contributed by atoms with Gasteiger partial charge in [-0.2, -0.15) is 13.2 Å². The van der Waals surface area contributed by atoms with Gasteiger partial charge in [-0.15, -0.1) is 0 Å². The van der Waals surface area contributed by atoms with E-state index in [2.05, 4.69) is 4.98 Å². The van der Waals surface area contributed by atoms with Gasteiger partial charge >= 0.3 is 6.18 Å². The Morgan fingerprint density at radius 2 is 1.56 bits per heavy atom. The fraction of sp³-hybridized carbons (Fsp3) is 0.211. The van der Waals surface area contributed by atoms with Crippen molar-refractivity contribution in [3.8, 4) is 11.6 Å². The molecule has 3 aromatic rings. The summed E-state index contributed by atoms with van der Waals surface area (Å²) in [6, 6.07) is 12.6. The van der Waals surface area contributed by atoms with E-state index in [9.17, 15) is 13.2 Å². The van der Waals surface area contributed by atoms with Crippen molar-refractivity contribution in [1.82, 2.24) is 9.55 Å². The molecule has 0 saturated heterocycles. The van der Waals surface area contributed by atoms with Gasteiger partial charge in [0.25, 0.3) is 0 Å². The molecule has 0 aliphatic heterocycles. The first kappa shape index (κ1) is 17.1. The lowest BCUT2D eigenvalue weighted by Gasteiger charge is -2.11. The molecule has 25 heavy (non-hydrogen) atoms. The van der Waals surface area contributed by atoms with E-state index >= 15 is 0 Å². The van der Waals surface area contributed by atoms with Gasteiger partial charge in [-0.1, -0.05) is 12.1 Å². The van der Waals surface area contributed by atoms with E-state index in [1.54, 1.807) is 12.3 Å². The van der Waals surface area contributed by atoms with Gasteiger partial charge in [0.2, 0.25) is 0 Å². The number of pyridine rings is 1. The first-order valence-corrected chi connectivity index (χ1v) is 7.75. The topological polar surface area (TPSA) is 27.1 Å². The maximum atomic E-state index is 12.5. The number of hydrogen-bond acceptors (Lipinski definition) is 2. The molecule has 2 aromatic heterocycles. The third-order valence-electron chi connectivity index (χ3n) is 3.91. The van der Waals surface area contributed by atoms with Crippen LogP contribution in [0.25, 0.3) is 5.82 Å². The minimum atomic E-state index is -4.33. The van der Waals surface area contributed by atoms with E-state index in [1.165, 1.54) is 12.1 Å². The summed E-state index contributed by atoms with van der Waals surface area (Å²) in [5, 5.41) is 0. The van der Waals surface area contributed by atoms with E-state index in [0.29, 0.717) is 11.3 Å². The molecule has 0 spiro atoms. The monoisotopic (exact) mass is 346 g/mol. The van der Waals surface area contributed by atoms with Crippen molar-refractivity contribution in [3.05, 3.63) is 77.2 Å². The molecule has 0 atom stereocenters. The van der Waals surface area contributed by atoms with Gasteiger partial charge in [0.15, 0.2) is 0 Å². The first-order chi connectivity index (χ1) is 11.8. The third-order valence-corrected chi connectivity index (χ3v) is 3.91. The van der Waals surface area contributed by atoms with Crippen molar-refractivity contribution in [2.24, 2.45) is 0 Å². The smallest absolute Gasteiger partial charge is 0.416 e. The summed E-state index contributed by atoms with van der Waals surface area (Å²) in [5.74, 6) is 1.35. The van der Waals surface area contributed by atoms with Crippen LogP contribution in [0.15, 0.2) is 54.7 Å². The maximum absolute atomic E-state index is 12.5. The van der Waals surface area contributed by atoms with Gasteiger partial charge in [0, 0.05) is 11.4 Å². The second kappa shape index (κ2) is 6.63. The lowest BCUT2D eigenvalue weighted by molar-refractivity contribution is -0.137. The minimum absolute atomic E-state index is 0.181. The number of nitrogens with zero attached hydrogens (tertiary/aromatic N) is 2. The second-order valence-corrected chi connectivity index (χ2v) is 5.79. The molecule has 130 valence electrons. The highest BCUT2D eigenvalue weighted by molar-refractivity contribution is 5.34. The first-order valence-electron chi connectivity index (χ1n) is 7.75. The maximum Gasteiger partial charge on any atom is 0.416 e. The van der Waals surface area contributed by atoms with Crippen LogP contribution in [-0.2, 0) is 12.8 Å². The van der Waals surface area contributed by atoms with Gasteiger partial charge < -0.3 is 9.30 Å². The van der Waals surface area contributed by atoms with Crippen molar-refractivity contribution in [2.75, 3.05) is 0 Å². The van der Waals surface area contributed by atoms with Crippen molar-refractivity contribution in [3.63, 3.8) is 0 Å². The molecule has 3 nitrogen and oxygen atoms in total. The number of aryl methyl sites for hydroxylation is 2. The zero-order chi connectivity index (χ0) is 18.0. The highest BCUT2D eigenvalue weighted by atomic mass is 19.4. The van der Waals surface area contributed by atoms with Gasteiger partial charge in [-0.25, -0.2) is 4.98 Å². The Bertz CT molecular complexity index is 830. The van der Waals surface area contributed by atoms with E-state index in [1.807, 2.05) is 36.6 Å². The summed E-state index contributed by atoms with van der Waals surface area (Å²) in [4.78, 5) is 4.39. The van der Waals surface area contributed by atoms with Crippen LogP contribution in [0.1, 0.15) is 22.5 Å². The van der Waals surface area contributed by atoms with Crippen LogP contribution in [0.2, 0.25) is 0 Å². The molecule has 0 unspecified atom stereocenters. The summed E-state index contributed by atoms with van der Waals surface area (Å²) < 4.78 is 45.2. The van der Waals surface area contributed by atoms with Crippen LogP contribution >= 0.6 is 0 Å². The Balaban J connectivity index is 1.66. The standard InChI is InChI=1S/C19H17F3N2O/c1-13-3-4-14(2)24(13)18-10-9-17(11-23-18)25-12-15-5-7-16(8-6-15)19(20,21)22/h3-11H,12H2,1-2H3. The van der Waals surface area contributed by atoms with E-state index < -0.39 is 11.7 Å². The number of ether oxygens (including phenoxy) is 1. The van der Waals surface area contributed by atoms with E-state index in [-0.39, 0.29) is 6.61 Å². The van der Waals surface area contributed by atoms with Crippen molar-refractivity contribution in [2.45, 2.75) is 26.6 Å². The molecular weight excluding hydrogens is 329 g/mol. The molecule has 0 aliphatic rings. The molecule has 1 aromatic carbocycles. The van der Waals surface area contributed by atoms with E-state index in [0.717, 1.165) is 29.3 Å². The Kier molecular flexibility index (Phi) is 4.53. The van der Waals surface area contributed by atoms with Gasteiger partial charge in [0.05, 0.1) is 11.8 Å². The molecule has 2 heterocycles. The van der Waals surface area contributed by atoms with Crippen LogP contribution in [0.4, 0.5) is 13.2 Å². The zero-order valence-electron chi connectivity index (χ0n) is 13.8. The quantitative estimate of drug-likeness (QED) is 0.658. The molecule has 3 rings (SSSR count). The summed E-state index contributed by atoms with van der Waals surface area (Å²) in [5.41, 5.74) is 2.17. The predicted molar refractivity (Wildman–Crippen MR) is 88.8 cm³/mol.